The number of benzene rings is 3. The van der Waals surface area contributed by atoms with Gasteiger partial charge in [-0.25, -0.2) is 22.6 Å². The van der Waals surface area contributed by atoms with Gasteiger partial charge in [-0.15, -0.1) is 0 Å². The third-order valence-corrected chi connectivity index (χ3v) is 7.13. The van der Waals surface area contributed by atoms with Gasteiger partial charge in [-0.2, -0.15) is 0 Å². The van der Waals surface area contributed by atoms with Crippen LogP contribution in [-0.2, 0) is 14.6 Å². The van der Waals surface area contributed by atoms with Crippen molar-refractivity contribution in [1.82, 2.24) is 4.98 Å². The molecule has 0 bridgehead atoms. The van der Waals surface area contributed by atoms with Crippen LogP contribution in [0.15, 0.2) is 66.7 Å². The number of carboxylic acids is 1. The van der Waals surface area contributed by atoms with Crippen LogP contribution in [0.1, 0.15) is 23.1 Å². The summed E-state index contributed by atoms with van der Waals surface area (Å²) in [6, 6.07) is 17.7. The van der Waals surface area contributed by atoms with Crippen molar-refractivity contribution < 1.29 is 27.4 Å². The fourth-order valence-corrected chi connectivity index (χ4v) is 5.06. The predicted molar refractivity (Wildman–Crippen MR) is 149 cm³/mol. The van der Waals surface area contributed by atoms with Gasteiger partial charge in [-0.05, 0) is 96.6 Å². The number of halogens is 1. The van der Waals surface area contributed by atoms with Crippen LogP contribution in [0.2, 0.25) is 0 Å². The first-order chi connectivity index (χ1) is 18.0. The number of nitrogens with zero attached hydrogens (tertiary/aromatic N) is 1. The molecule has 38 heavy (non-hydrogen) atoms. The van der Waals surface area contributed by atoms with Crippen molar-refractivity contribution in [2.45, 2.75) is 20.3 Å². The fraction of sp³-hybridized carbons (Fsp3) is 0.200. The summed E-state index contributed by atoms with van der Waals surface area (Å²) in [5.41, 5.74) is 5.98. The number of hydrogen-bond acceptors (Lipinski definition) is 5. The molecule has 0 amide bonds. The van der Waals surface area contributed by atoms with E-state index in [1.54, 1.807) is 30.3 Å². The quantitative estimate of drug-likeness (QED) is 0.202. The maximum Gasteiger partial charge on any atom is 0.328 e. The van der Waals surface area contributed by atoms with E-state index in [0.29, 0.717) is 35.6 Å². The van der Waals surface area contributed by atoms with E-state index in [1.165, 1.54) is 18.4 Å². The molecule has 0 aliphatic heterocycles. The largest absolute Gasteiger partial charge is 0.494 e. The Balaban J connectivity index is 1.62. The van der Waals surface area contributed by atoms with Crippen LogP contribution in [-0.4, -0.2) is 43.1 Å². The smallest absolute Gasteiger partial charge is 0.328 e. The number of sulfone groups is 1. The molecule has 0 radical (unpaired) electrons. The van der Waals surface area contributed by atoms with E-state index in [-0.39, 0.29) is 11.6 Å². The van der Waals surface area contributed by atoms with Gasteiger partial charge >= 0.3 is 5.97 Å². The van der Waals surface area contributed by atoms with Crippen molar-refractivity contribution in [3.8, 4) is 28.1 Å². The zero-order valence-corrected chi connectivity index (χ0v) is 22.2. The van der Waals surface area contributed by atoms with Gasteiger partial charge in [0.05, 0.1) is 23.6 Å². The van der Waals surface area contributed by atoms with E-state index in [2.05, 4.69) is 4.98 Å². The van der Waals surface area contributed by atoms with E-state index in [4.69, 9.17) is 9.84 Å². The number of ether oxygens (including phenoxy) is 1. The Morgan fingerprint density at radius 2 is 1.76 bits per heavy atom. The molecule has 4 rings (SSSR count). The lowest BCUT2D eigenvalue weighted by Gasteiger charge is -2.15. The Hall–Kier alpha value is -4.04. The van der Waals surface area contributed by atoms with E-state index in [0.717, 1.165) is 39.3 Å². The molecule has 0 atom stereocenters. The number of aromatic nitrogens is 1. The predicted octanol–water partition coefficient (Wildman–Crippen LogP) is 6.24. The second-order valence-electron chi connectivity index (χ2n) is 9.28. The molecule has 6 nitrogen and oxygen atoms in total. The Bertz CT molecular complexity index is 1640. The Morgan fingerprint density at radius 3 is 2.45 bits per heavy atom. The number of aliphatic carboxylic acids is 1. The molecule has 0 saturated heterocycles. The standard InChI is InChI=1S/C30H28FNO5S/c1-19-15-24(37-13-4-14-38(3,35)36)16-20(2)30(19)23-7-9-26(31)25(18-23)28-11-8-22-17-21(6-12-29(33)34)5-10-27(22)32-28/h5-12,15-18H,4,13-14H2,1-3H3,(H,33,34). The second kappa shape index (κ2) is 11.1. The van der Waals surface area contributed by atoms with Crippen LogP contribution < -0.4 is 4.74 Å². The molecule has 0 saturated carbocycles. The number of hydrogen-bond donors (Lipinski definition) is 1. The van der Waals surface area contributed by atoms with Crippen LogP contribution in [0.5, 0.6) is 5.75 Å². The third kappa shape index (κ3) is 6.63. The number of carboxylic acid groups (broad SMARTS) is 1. The lowest BCUT2D eigenvalue weighted by molar-refractivity contribution is -0.131. The zero-order chi connectivity index (χ0) is 27.4. The second-order valence-corrected chi connectivity index (χ2v) is 11.5. The van der Waals surface area contributed by atoms with Gasteiger partial charge in [-0.3, -0.25) is 0 Å². The summed E-state index contributed by atoms with van der Waals surface area (Å²) in [5, 5.41) is 9.65. The minimum Gasteiger partial charge on any atom is -0.494 e. The van der Waals surface area contributed by atoms with Crippen LogP contribution in [0.25, 0.3) is 39.4 Å². The van der Waals surface area contributed by atoms with Crippen molar-refractivity contribution in [2.75, 3.05) is 18.6 Å². The first-order valence-corrected chi connectivity index (χ1v) is 14.1. The maximum atomic E-state index is 15.0. The van der Waals surface area contributed by atoms with E-state index in [9.17, 15) is 17.6 Å². The Kier molecular flexibility index (Phi) is 7.92. The molecule has 0 spiro atoms. The highest BCUT2D eigenvalue weighted by Crippen LogP contribution is 2.34. The summed E-state index contributed by atoms with van der Waals surface area (Å²) in [4.78, 5) is 15.4. The molecule has 3 aromatic carbocycles. The number of fused-ring (bicyclic) bond motifs is 1. The van der Waals surface area contributed by atoms with Crippen LogP contribution in [0.4, 0.5) is 4.39 Å². The molecule has 0 aliphatic rings. The summed E-state index contributed by atoms with van der Waals surface area (Å²) in [7, 11) is -3.03. The molecule has 196 valence electrons. The van der Waals surface area contributed by atoms with Gasteiger partial charge in [0.1, 0.15) is 21.4 Å². The minimum absolute atomic E-state index is 0.0765. The fourth-order valence-electron chi connectivity index (χ4n) is 4.42. The summed E-state index contributed by atoms with van der Waals surface area (Å²) >= 11 is 0. The molecule has 1 N–H and O–H groups in total. The molecule has 0 unspecified atom stereocenters. The number of pyridine rings is 1. The van der Waals surface area contributed by atoms with Gasteiger partial charge in [0, 0.05) is 23.3 Å². The molecule has 4 aromatic rings. The van der Waals surface area contributed by atoms with Crippen molar-refractivity contribution in [3.63, 3.8) is 0 Å². The van der Waals surface area contributed by atoms with Gasteiger partial charge < -0.3 is 9.84 Å². The van der Waals surface area contributed by atoms with Crippen LogP contribution in [0.3, 0.4) is 0 Å². The van der Waals surface area contributed by atoms with Gasteiger partial charge in [0.15, 0.2) is 0 Å². The number of rotatable bonds is 9. The highest BCUT2D eigenvalue weighted by molar-refractivity contribution is 7.90. The van der Waals surface area contributed by atoms with Gasteiger partial charge in [0.2, 0.25) is 0 Å². The highest BCUT2D eigenvalue weighted by atomic mass is 32.2. The van der Waals surface area contributed by atoms with E-state index < -0.39 is 15.8 Å². The minimum atomic E-state index is -3.03. The molecule has 8 heteroatoms. The first-order valence-electron chi connectivity index (χ1n) is 12.0. The summed E-state index contributed by atoms with van der Waals surface area (Å²) in [6.07, 6.45) is 4.21. The lowest BCUT2D eigenvalue weighted by Crippen LogP contribution is -2.08. The lowest BCUT2D eigenvalue weighted by atomic mass is 9.93. The van der Waals surface area contributed by atoms with Gasteiger partial charge in [0.25, 0.3) is 0 Å². The zero-order valence-electron chi connectivity index (χ0n) is 21.4. The molecule has 1 aromatic heterocycles. The third-order valence-electron chi connectivity index (χ3n) is 6.10. The highest BCUT2D eigenvalue weighted by Gasteiger charge is 2.14. The van der Waals surface area contributed by atoms with Crippen molar-refractivity contribution in [2.24, 2.45) is 0 Å². The average Bonchev–Trinajstić information content (AvgIpc) is 2.85. The molecular weight excluding hydrogens is 505 g/mol. The Labute approximate surface area is 221 Å². The maximum absolute atomic E-state index is 15.0. The topological polar surface area (TPSA) is 93.6 Å². The summed E-state index contributed by atoms with van der Waals surface area (Å²) in [6.45, 7) is 4.22. The number of aryl methyl sites for hydroxylation is 2. The monoisotopic (exact) mass is 533 g/mol. The van der Waals surface area contributed by atoms with Crippen molar-refractivity contribution in [3.05, 3.63) is 89.2 Å². The normalized spacial score (nSPS) is 11.8. The molecule has 0 aliphatic carbocycles. The van der Waals surface area contributed by atoms with E-state index >= 15 is 0 Å². The first kappa shape index (κ1) is 27.0. The summed E-state index contributed by atoms with van der Waals surface area (Å²) in [5.74, 6) is -0.671. The number of carbonyl (C=O) groups is 1. The average molecular weight is 534 g/mol. The van der Waals surface area contributed by atoms with Crippen molar-refractivity contribution >= 4 is 32.8 Å². The molecule has 1 heterocycles. The SMILES string of the molecule is Cc1cc(OCCCS(C)(=O)=O)cc(C)c1-c1ccc(F)c(-c2ccc3cc(C=CC(=O)O)ccc3n2)c1. The Morgan fingerprint density at radius 1 is 1.03 bits per heavy atom. The van der Waals surface area contributed by atoms with Crippen LogP contribution in [0, 0.1) is 19.7 Å². The van der Waals surface area contributed by atoms with E-state index in [1.807, 2.05) is 38.1 Å². The molecule has 0 fully saturated rings. The van der Waals surface area contributed by atoms with Crippen LogP contribution >= 0.6 is 0 Å². The van der Waals surface area contributed by atoms with Crippen molar-refractivity contribution in [1.29, 1.82) is 0 Å². The summed E-state index contributed by atoms with van der Waals surface area (Å²) < 4.78 is 43.4. The van der Waals surface area contributed by atoms with Gasteiger partial charge in [-0.1, -0.05) is 18.2 Å². The molecular formula is C30H28FNO5S.